The highest BCUT2D eigenvalue weighted by Crippen LogP contribution is 2.29. The smallest absolute Gasteiger partial charge is 0.134 e. The number of pyridine rings is 1. The molecule has 2 heterocycles. The summed E-state index contributed by atoms with van der Waals surface area (Å²) in [6.07, 6.45) is 3.68. The van der Waals surface area contributed by atoms with Gasteiger partial charge in [-0.2, -0.15) is 0 Å². The Balaban J connectivity index is 1.91. The van der Waals surface area contributed by atoms with Crippen LogP contribution >= 0.6 is 11.3 Å². The highest BCUT2D eigenvalue weighted by atomic mass is 32.1. The maximum absolute atomic E-state index is 5.38. The predicted molar refractivity (Wildman–Crippen MR) is 82.5 cm³/mol. The average Bonchev–Trinajstić information content (AvgIpc) is 2.90. The topological polar surface area (TPSA) is 47.0 Å². The molecule has 4 nitrogen and oxygen atoms in total. The molecule has 0 bridgehead atoms. The quantitative estimate of drug-likeness (QED) is 0.795. The molecule has 1 aromatic carbocycles. The Bertz CT molecular complexity index is 739. The predicted octanol–water partition coefficient (Wildman–Crippen LogP) is 3.62. The second-order valence-electron chi connectivity index (χ2n) is 4.43. The molecule has 5 heteroatoms. The summed E-state index contributed by atoms with van der Waals surface area (Å²) in [4.78, 5) is 9.98. The van der Waals surface area contributed by atoms with E-state index in [2.05, 4.69) is 22.2 Å². The van der Waals surface area contributed by atoms with Crippen LogP contribution in [0, 0.1) is 6.92 Å². The molecule has 0 amide bonds. The van der Waals surface area contributed by atoms with Crippen molar-refractivity contribution in [2.24, 2.45) is 0 Å². The average molecular weight is 285 g/mol. The number of benzene rings is 1. The lowest BCUT2D eigenvalue weighted by Gasteiger charge is -2.09. The van der Waals surface area contributed by atoms with Crippen molar-refractivity contribution in [2.75, 3.05) is 12.4 Å². The lowest BCUT2D eigenvalue weighted by molar-refractivity contribution is 0.420. The van der Waals surface area contributed by atoms with Gasteiger partial charge in [0.2, 0.25) is 0 Å². The van der Waals surface area contributed by atoms with E-state index in [1.54, 1.807) is 24.6 Å². The van der Waals surface area contributed by atoms with Gasteiger partial charge >= 0.3 is 0 Å². The van der Waals surface area contributed by atoms with E-state index in [1.165, 1.54) is 4.88 Å². The molecule has 0 fully saturated rings. The zero-order chi connectivity index (χ0) is 13.9. The van der Waals surface area contributed by atoms with Gasteiger partial charge in [-0.15, -0.1) is 11.3 Å². The van der Waals surface area contributed by atoms with Crippen LogP contribution in [0.1, 0.15) is 9.88 Å². The van der Waals surface area contributed by atoms with E-state index in [-0.39, 0.29) is 0 Å². The van der Waals surface area contributed by atoms with Crippen molar-refractivity contribution in [3.05, 3.63) is 46.5 Å². The van der Waals surface area contributed by atoms with E-state index in [0.29, 0.717) is 6.54 Å². The maximum atomic E-state index is 5.38. The molecule has 0 spiro atoms. The number of anilines is 1. The third-order valence-electron chi connectivity index (χ3n) is 3.06. The molecular formula is C15H15N3OS. The number of hydrogen-bond donors (Lipinski definition) is 1. The fourth-order valence-electron chi connectivity index (χ4n) is 2.14. The van der Waals surface area contributed by atoms with Gasteiger partial charge in [-0.1, -0.05) is 12.1 Å². The van der Waals surface area contributed by atoms with Crippen molar-refractivity contribution in [3.8, 4) is 5.75 Å². The molecule has 0 saturated carbocycles. The summed E-state index contributed by atoms with van der Waals surface area (Å²) in [7, 11) is 1.68. The number of nitrogens with one attached hydrogen (secondary N) is 1. The van der Waals surface area contributed by atoms with E-state index in [1.807, 2.05) is 30.5 Å². The number of nitrogens with zero attached hydrogens (tertiary/aromatic N) is 2. The first-order valence-corrected chi connectivity index (χ1v) is 7.16. The van der Waals surface area contributed by atoms with Gasteiger partial charge in [0.1, 0.15) is 16.6 Å². The van der Waals surface area contributed by atoms with Crippen molar-refractivity contribution in [1.29, 1.82) is 0 Å². The lowest BCUT2D eigenvalue weighted by Crippen LogP contribution is -2.01. The zero-order valence-electron chi connectivity index (χ0n) is 11.4. The van der Waals surface area contributed by atoms with Crippen LogP contribution in [0.15, 0.2) is 36.7 Å². The highest BCUT2D eigenvalue weighted by Gasteiger charge is 2.07. The Labute approximate surface area is 121 Å². The molecular weight excluding hydrogens is 270 g/mol. The van der Waals surface area contributed by atoms with E-state index >= 15 is 0 Å². The van der Waals surface area contributed by atoms with Crippen LogP contribution in [-0.4, -0.2) is 17.1 Å². The molecule has 2 aromatic heterocycles. The number of ether oxygens (including phenoxy) is 1. The van der Waals surface area contributed by atoms with Crippen LogP contribution < -0.4 is 10.1 Å². The normalized spacial score (nSPS) is 10.7. The third-order valence-corrected chi connectivity index (χ3v) is 3.97. The van der Waals surface area contributed by atoms with Crippen LogP contribution in [0.25, 0.3) is 10.8 Å². The number of aromatic nitrogens is 2. The summed E-state index contributed by atoms with van der Waals surface area (Å²) in [5.74, 6) is 1.72. The second kappa shape index (κ2) is 5.46. The summed E-state index contributed by atoms with van der Waals surface area (Å²) in [5.41, 5.74) is 0. The minimum absolute atomic E-state index is 0.682. The van der Waals surface area contributed by atoms with Crippen molar-refractivity contribution in [2.45, 2.75) is 13.5 Å². The monoisotopic (exact) mass is 285 g/mol. The first kappa shape index (κ1) is 12.9. The largest absolute Gasteiger partial charge is 0.496 e. The fourth-order valence-corrected chi connectivity index (χ4v) is 2.87. The summed E-state index contributed by atoms with van der Waals surface area (Å²) < 4.78 is 5.38. The molecule has 0 aliphatic carbocycles. The molecule has 0 radical (unpaired) electrons. The molecule has 0 aliphatic heterocycles. The van der Waals surface area contributed by atoms with Gasteiger partial charge in [-0.3, -0.25) is 0 Å². The number of hydrogen-bond acceptors (Lipinski definition) is 5. The highest BCUT2D eigenvalue weighted by molar-refractivity contribution is 7.11. The van der Waals surface area contributed by atoms with Crippen molar-refractivity contribution >= 4 is 27.9 Å². The first-order valence-electron chi connectivity index (χ1n) is 6.35. The van der Waals surface area contributed by atoms with Crippen molar-refractivity contribution in [1.82, 2.24) is 9.97 Å². The summed E-state index contributed by atoms with van der Waals surface area (Å²) >= 11 is 1.69. The molecule has 3 rings (SSSR count). The van der Waals surface area contributed by atoms with Gasteiger partial charge in [-0.25, -0.2) is 9.97 Å². The van der Waals surface area contributed by atoms with Crippen molar-refractivity contribution < 1.29 is 4.74 Å². The maximum Gasteiger partial charge on any atom is 0.134 e. The fraction of sp³-hybridized carbons (Fsp3) is 0.200. The second-order valence-corrected chi connectivity index (χ2v) is 5.75. The minimum atomic E-state index is 0.682. The SMILES string of the molecule is COc1cccc2c(NCc3ncc(C)s3)nccc12. The minimum Gasteiger partial charge on any atom is -0.496 e. The van der Waals surface area contributed by atoms with E-state index in [9.17, 15) is 0 Å². The Morgan fingerprint density at radius 3 is 2.85 bits per heavy atom. The molecule has 0 aliphatic rings. The molecule has 20 heavy (non-hydrogen) atoms. The Morgan fingerprint density at radius 1 is 1.20 bits per heavy atom. The Hall–Kier alpha value is -2.14. The summed E-state index contributed by atoms with van der Waals surface area (Å²) in [6.45, 7) is 2.74. The number of methoxy groups -OCH3 is 1. The number of fused-ring (bicyclic) bond motifs is 1. The van der Waals surface area contributed by atoms with Gasteiger partial charge in [0.15, 0.2) is 0 Å². The van der Waals surface area contributed by atoms with Gasteiger partial charge in [0, 0.05) is 28.0 Å². The number of thiazole rings is 1. The van der Waals surface area contributed by atoms with Gasteiger partial charge in [-0.05, 0) is 19.1 Å². The van der Waals surface area contributed by atoms with Crippen LogP contribution in [0.3, 0.4) is 0 Å². The van der Waals surface area contributed by atoms with Crippen LogP contribution in [-0.2, 0) is 6.54 Å². The van der Waals surface area contributed by atoms with E-state index in [4.69, 9.17) is 4.74 Å². The van der Waals surface area contributed by atoms with Gasteiger partial charge in [0.05, 0.1) is 13.7 Å². The first-order chi connectivity index (χ1) is 9.78. The number of aryl methyl sites for hydroxylation is 1. The Kier molecular flexibility index (Phi) is 3.52. The lowest BCUT2D eigenvalue weighted by atomic mass is 10.1. The third kappa shape index (κ3) is 2.44. The standard InChI is InChI=1S/C15H15N3OS/c1-10-8-17-14(20-10)9-18-15-12-4-3-5-13(19-2)11(12)6-7-16-15/h3-8H,9H2,1-2H3,(H,16,18). The van der Waals surface area contributed by atoms with Crippen LogP contribution in [0.5, 0.6) is 5.75 Å². The molecule has 0 atom stereocenters. The number of rotatable bonds is 4. The van der Waals surface area contributed by atoms with Gasteiger partial charge in [0.25, 0.3) is 0 Å². The van der Waals surface area contributed by atoms with Gasteiger partial charge < -0.3 is 10.1 Å². The molecule has 0 saturated heterocycles. The van der Waals surface area contributed by atoms with Crippen LogP contribution in [0.2, 0.25) is 0 Å². The zero-order valence-corrected chi connectivity index (χ0v) is 12.2. The molecule has 0 unspecified atom stereocenters. The van der Waals surface area contributed by atoms with Crippen molar-refractivity contribution in [3.63, 3.8) is 0 Å². The molecule has 102 valence electrons. The Morgan fingerprint density at radius 2 is 2.10 bits per heavy atom. The molecule has 1 N–H and O–H groups in total. The van der Waals surface area contributed by atoms with Crippen LogP contribution in [0.4, 0.5) is 5.82 Å². The summed E-state index contributed by atoms with van der Waals surface area (Å²) in [5, 5.41) is 6.52. The molecule has 3 aromatic rings. The summed E-state index contributed by atoms with van der Waals surface area (Å²) in [6, 6.07) is 7.94. The van der Waals surface area contributed by atoms with E-state index in [0.717, 1.165) is 27.3 Å². The van der Waals surface area contributed by atoms with E-state index < -0.39 is 0 Å².